The molecule has 1 aromatic carbocycles. The Morgan fingerprint density at radius 3 is 2.23 bits per heavy atom. The van der Waals surface area contributed by atoms with Crippen LogP contribution in [0.4, 0.5) is 5.69 Å². The van der Waals surface area contributed by atoms with Crippen LogP contribution in [-0.4, -0.2) is 49.4 Å². The minimum atomic E-state index is -0.722. The first-order valence-corrected chi connectivity index (χ1v) is 9.38. The highest BCUT2D eigenvalue weighted by Gasteiger charge is 2.08. The number of allylic oxidation sites excluding steroid dienone is 1. The molecule has 0 atom stereocenters. The van der Waals surface area contributed by atoms with E-state index in [1.807, 2.05) is 37.3 Å². The third-order valence-electron chi connectivity index (χ3n) is 4.19. The number of hydrogen-bond donors (Lipinski definition) is 1. The fourth-order valence-corrected chi connectivity index (χ4v) is 2.79. The molecule has 0 aromatic heterocycles. The Labute approximate surface area is 157 Å². The molecule has 0 radical (unpaired) electrons. The Morgan fingerprint density at radius 2 is 1.69 bits per heavy atom. The van der Waals surface area contributed by atoms with Crippen molar-refractivity contribution in [3.05, 3.63) is 36.0 Å². The van der Waals surface area contributed by atoms with E-state index in [1.54, 1.807) is 0 Å². The first kappa shape index (κ1) is 21.7. The maximum Gasteiger partial charge on any atom is 0.303 e. The minimum Gasteiger partial charge on any atom is -0.481 e. The monoisotopic (exact) mass is 360 g/mol. The summed E-state index contributed by atoms with van der Waals surface area (Å²) in [5.74, 6) is -0.722. The number of carbonyl (C=O) groups excluding carboxylic acids is 1. The van der Waals surface area contributed by atoms with Crippen LogP contribution in [0.25, 0.3) is 5.57 Å². The molecule has 0 bridgehead atoms. The molecule has 0 saturated carbocycles. The number of aliphatic carboxylic acids is 1. The lowest BCUT2D eigenvalue weighted by Crippen LogP contribution is -2.25. The van der Waals surface area contributed by atoms with Crippen molar-refractivity contribution in [2.45, 2.75) is 45.4 Å². The molecule has 5 nitrogen and oxygen atoms in total. The van der Waals surface area contributed by atoms with E-state index in [0.717, 1.165) is 62.7 Å². The number of nitrogens with zero attached hydrogens (tertiary/aromatic N) is 2. The van der Waals surface area contributed by atoms with Gasteiger partial charge < -0.3 is 14.9 Å². The van der Waals surface area contributed by atoms with Crippen LogP contribution in [0.2, 0.25) is 0 Å². The van der Waals surface area contributed by atoms with E-state index in [4.69, 9.17) is 5.11 Å². The van der Waals surface area contributed by atoms with Gasteiger partial charge in [0.2, 0.25) is 0 Å². The van der Waals surface area contributed by atoms with E-state index in [9.17, 15) is 9.59 Å². The summed E-state index contributed by atoms with van der Waals surface area (Å²) in [7, 11) is 3.80. The standard InChI is InChI=1S/C21H32N2O3/c1-4-5-14-23(15-8-6-7-9-21(25)26)20-12-10-18(11-13-20)19(17-24)16-22(2)3/h10-13,16-17H,4-9,14-15H2,1-3H3,(H,25,26)/b19-16+. The molecule has 1 rings (SSSR count). The van der Waals surface area contributed by atoms with Crippen molar-refractivity contribution in [2.24, 2.45) is 0 Å². The van der Waals surface area contributed by atoms with E-state index in [0.29, 0.717) is 5.57 Å². The molecule has 0 aliphatic carbocycles. The van der Waals surface area contributed by atoms with Gasteiger partial charge in [0.15, 0.2) is 6.29 Å². The molecule has 0 unspecified atom stereocenters. The quantitative estimate of drug-likeness (QED) is 0.327. The molecule has 26 heavy (non-hydrogen) atoms. The van der Waals surface area contributed by atoms with Crippen molar-refractivity contribution in [1.29, 1.82) is 0 Å². The lowest BCUT2D eigenvalue weighted by Gasteiger charge is -2.25. The van der Waals surface area contributed by atoms with Gasteiger partial charge in [0.25, 0.3) is 0 Å². The molecule has 5 heteroatoms. The number of anilines is 1. The predicted molar refractivity (Wildman–Crippen MR) is 107 cm³/mol. The second kappa shape index (κ2) is 12.1. The van der Waals surface area contributed by atoms with Gasteiger partial charge in [0.05, 0.1) is 0 Å². The summed E-state index contributed by atoms with van der Waals surface area (Å²) >= 11 is 0. The van der Waals surface area contributed by atoms with Crippen molar-refractivity contribution in [2.75, 3.05) is 32.1 Å². The van der Waals surface area contributed by atoms with Gasteiger partial charge in [-0.2, -0.15) is 0 Å². The Balaban J connectivity index is 2.74. The largest absolute Gasteiger partial charge is 0.481 e. The van der Waals surface area contributed by atoms with E-state index in [1.165, 1.54) is 0 Å². The Morgan fingerprint density at radius 1 is 1.04 bits per heavy atom. The van der Waals surface area contributed by atoms with Gasteiger partial charge >= 0.3 is 5.97 Å². The molecule has 0 aliphatic rings. The number of benzene rings is 1. The van der Waals surface area contributed by atoms with Crippen LogP contribution in [-0.2, 0) is 9.59 Å². The zero-order valence-corrected chi connectivity index (χ0v) is 16.3. The van der Waals surface area contributed by atoms with Gasteiger partial charge in [-0.15, -0.1) is 0 Å². The molecule has 0 aliphatic heterocycles. The van der Waals surface area contributed by atoms with Gasteiger partial charge in [0.1, 0.15) is 0 Å². The highest BCUT2D eigenvalue weighted by molar-refractivity contribution is 6.06. The van der Waals surface area contributed by atoms with Crippen LogP contribution in [0.15, 0.2) is 30.5 Å². The number of carboxylic acids is 1. The smallest absolute Gasteiger partial charge is 0.303 e. The number of rotatable bonds is 13. The summed E-state index contributed by atoms with van der Waals surface area (Å²) in [4.78, 5) is 26.1. The minimum absolute atomic E-state index is 0.246. The zero-order valence-electron chi connectivity index (χ0n) is 16.3. The summed E-state index contributed by atoms with van der Waals surface area (Å²) in [6.07, 6.45) is 7.84. The number of hydrogen-bond acceptors (Lipinski definition) is 4. The molecule has 0 spiro atoms. The fourth-order valence-electron chi connectivity index (χ4n) is 2.79. The number of unbranched alkanes of at least 4 members (excludes halogenated alkanes) is 3. The first-order chi connectivity index (χ1) is 12.5. The summed E-state index contributed by atoms with van der Waals surface area (Å²) in [6, 6.07) is 8.11. The van der Waals surface area contributed by atoms with Crippen molar-refractivity contribution in [3.63, 3.8) is 0 Å². The van der Waals surface area contributed by atoms with Gasteiger partial charge in [-0.3, -0.25) is 9.59 Å². The molecule has 1 aromatic rings. The summed E-state index contributed by atoms with van der Waals surface area (Å²) < 4.78 is 0. The number of aldehydes is 1. The topological polar surface area (TPSA) is 60.9 Å². The Kier molecular flexibility index (Phi) is 10.1. The Hall–Kier alpha value is -2.30. The van der Waals surface area contributed by atoms with Crippen molar-refractivity contribution < 1.29 is 14.7 Å². The van der Waals surface area contributed by atoms with E-state index < -0.39 is 5.97 Å². The maximum absolute atomic E-state index is 11.3. The lowest BCUT2D eigenvalue weighted by atomic mass is 10.1. The van der Waals surface area contributed by atoms with E-state index in [2.05, 4.69) is 24.0 Å². The first-order valence-electron chi connectivity index (χ1n) is 9.38. The summed E-state index contributed by atoms with van der Waals surface area (Å²) in [6.45, 7) is 4.09. The molecule has 0 fully saturated rings. The van der Waals surface area contributed by atoms with Gasteiger partial charge in [0, 0.05) is 51.1 Å². The van der Waals surface area contributed by atoms with E-state index >= 15 is 0 Å². The van der Waals surface area contributed by atoms with E-state index in [-0.39, 0.29) is 6.42 Å². The molecular formula is C21H32N2O3. The molecule has 0 heterocycles. The zero-order chi connectivity index (χ0) is 19.4. The Bertz CT molecular complexity index is 579. The maximum atomic E-state index is 11.3. The fraction of sp³-hybridized carbons (Fsp3) is 0.524. The van der Waals surface area contributed by atoms with Crippen molar-refractivity contribution in [3.8, 4) is 0 Å². The SMILES string of the molecule is CCCCN(CCCCCC(=O)O)c1ccc(/C(C=O)=C/N(C)C)cc1. The molecule has 0 saturated heterocycles. The highest BCUT2D eigenvalue weighted by Crippen LogP contribution is 2.21. The summed E-state index contributed by atoms with van der Waals surface area (Å²) in [5.41, 5.74) is 2.72. The third kappa shape index (κ3) is 8.19. The average molecular weight is 360 g/mol. The van der Waals surface area contributed by atoms with Crippen LogP contribution < -0.4 is 4.90 Å². The van der Waals surface area contributed by atoms with Crippen LogP contribution in [0.1, 0.15) is 51.0 Å². The lowest BCUT2D eigenvalue weighted by molar-refractivity contribution is -0.137. The molecule has 1 N–H and O–H groups in total. The predicted octanol–water partition coefficient (Wildman–Crippen LogP) is 4.04. The van der Waals surface area contributed by atoms with Crippen LogP contribution in [0, 0.1) is 0 Å². The summed E-state index contributed by atoms with van der Waals surface area (Å²) in [5, 5.41) is 8.72. The second-order valence-corrected chi connectivity index (χ2v) is 6.76. The molecule has 0 amide bonds. The normalized spacial score (nSPS) is 11.3. The molecule has 144 valence electrons. The second-order valence-electron chi connectivity index (χ2n) is 6.76. The van der Waals surface area contributed by atoms with Crippen LogP contribution in [0.5, 0.6) is 0 Å². The van der Waals surface area contributed by atoms with Crippen molar-refractivity contribution in [1.82, 2.24) is 4.90 Å². The van der Waals surface area contributed by atoms with Crippen LogP contribution in [0.3, 0.4) is 0 Å². The highest BCUT2D eigenvalue weighted by atomic mass is 16.4. The van der Waals surface area contributed by atoms with Crippen molar-refractivity contribution >= 4 is 23.5 Å². The van der Waals surface area contributed by atoms with Gasteiger partial charge in [-0.25, -0.2) is 0 Å². The van der Waals surface area contributed by atoms with Crippen LogP contribution >= 0.6 is 0 Å². The van der Waals surface area contributed by atoms with Gasteiger partial charge in [-0.05, 0) is 37.0 Å². The number of carbonyl (C=O) groups is 2. The average Bonchev–Trinajstić information content (AvgIpc) is 2.62. The van der Waals surface area contributed by atoms with Gasteiger partial charge in [-0.1, -0.05) is 31.9 Å². The number of carboxylic acid groups (broad SMARTS) is 1. The third-order valence-corrected chi connectivity index (χ3v) is 4.19. The molecular weight excluding hydrogens is 328 g/mol.